The minimum absolute atomic E-state index is 0.0455. The fraction of sp³-hybridized carbons (Fsp3) is 0.854. The maximum atomic E-state index is 14.7. The van der Waals surface area contributed by atoms with Crippen LogP contribution in [-0.4, -0.2) is 123 Å². The topological polar surface area (TPSA) is 228 Å². The van der Waals surface area contributed by atoms with Crippen molar-refractivity contribution in [3.63, 3.8) is 0 Å². The van der Waals surface area contributed by atoms with E-state index in [0.29, 0.717) is 57.8 Å². The van der Waals surface area contributed by atoms with E-state index in [1.807, 2.05) is 55.4 Å². The smallest absolute Gasteiger partial charge is 0.309 e. The number of carboxylic acid groups (broad SMARTS) is 1. The minimum atomic E-state index is -1.53. The predicted octanol–water partition coefficient (Wildman–Crippen LogP) is 4.56. The van der Waals surface area contributed by atoms with Gasteiger partial charge in [0.05, 0.1) is 53.7 Å². The molecule has 0 aliphatic carbocycles. The number of nitrogens with one attached hydrogen (secondary N) is 3. The van der Waals surface area contributed by atoms with E-state index in [2.05, 4.69) is 22.9 Å². The monoisotopic (exact) mass is 906 g/mol. The Hall–Kier alpha value is -2.99. The zero-order valence-electron chi connectivity index (χ0n) is 40.1. The largest absolute Gasteiger partial charge is 0.481 e. The van der Waals surface area contributed by atoms with Crippen LogP contribution in [0.2, 0.25) is 0 Å². The maximum Gasteiger partial charge on any atom is 0.309 e. The Morgan fingerprint density at radius 3 is 2.11 bits per heavy atom. The number of rotatable bonds is 16. The molecule has 2 spiro atoms. The average Bonchev–Trinajstić information content (AvgIpc) is 3.59. The van der Waals surface area contributed by atoms with Gasteiger partial charge >= 0.3 is 17.8 Å². The second kappa shape index (κ2) is 20.9. The number of aliphatic hydroxyl groups is 2. The van der Waals surface area contributed by atoms with Gasteiger partial charge in [-0.2, -0.15) is 0 Å². The number of carbonyl (C=O) groups excluding carboxylic acids is 4. The number of aliphatic carboxylic acids is 1. The average molecular weight is 906 g/mol. The van der Waals surface area contributed by atoms with E-state index in [1.54, 1.807) is 19.1 Å². The second-order valence-corrected chi connectivity index (χ2v) is 20.2. The number of carboxylic acids is 1. The minimum Gasteiger partial charge on any atom is -0.481 e. The number of hydrogen-bond donors (Lipinski definition) is 6. The first-order valence-electron chi connectivity index (χ1n) is 24.1. The molecule has 16 nitrogen and oxygen atoms in total. The van der Waals surface area contributed by atoms with E-state index in [0.717, 1.165) is 6.42 Å². The van der Waals surface area contributed by atoms with Crippen molar-refractivity contribution in [2.75, 3.05) is 13.1 Å². The summed E-state index contributed by atoms with van der Waals surface area (Å²) in [7, 11) is 0. The maximum absolute atomic E-state index is 14.7. The first-order chi connectivity index (χ1) is 30.0. The molecular formula is C48H79N3O13. The first-order valence-corrected chi connectivity index (χ1v) is 24.1. The predicted molar refractivity (Wildman–Crippen MR) is 236 cm³/mol. The molecule has 0 aromatic carbocycles. The number of amides is 3. The molecule has 18 atom stereocenters. The molecule has 1 unspecified atom stereocenters. The van der Waals surface area contributed by atoms with Gasteiger partial charge in [-0.05, 0) is 89.5 Å². The summed E-state index contributed by atoms with van der Waals surface area (Å²) < 4.78 is 34.2. The summed E-state index contributed by atoms with van der Waals surface area (Å²) in [6, 6.07) is -0.942. The van der Waals surface area contributed by atoms with Crippen LogP contribution in [0, 0.1) is 41.4 Å². The lowest BCUT2D eigenvalue weighted by atomic mass is 9.72. The zero-order chi connectivity index (χ0) is 47.5. The van der Waals surface area contributed by atoms with E-state index in [4.69, 9.17) is 23.7 Å². The number of hydrogen-bond acceptors (Lipinski definition) is 12. The Morgan fingerprint density at radius 1 is 0.828 bits per heavy atom. The summed E-state index contributed by atoms with van der Waals surface area (Å²) >= 11 is 0. The Morgan fingerprint density at radius 2 is 1.50 bits per heavy atom. The van der Waals surface area contributed by atoms with E-state index >= 15 is 0 Å². The van der Waals surface area contributed by atoms with Crippen LogP contribution in [-0.2, 0) is 47.7 Å². The number of ketones is 1. The summed E-state index contributed by atoms with van der Waals surface area (Å²) in [5.41, 5.74) is -1.89. The highest BCUT2D eigenvalue weighted by Crippen LogP contribution is 2.54. The van der Waals surface area contributed by atoms with Crippen molar-refractivity contribution in [3.05, 3.63) is 12.2 Å². The third kappa shape index (κ3) is 10.7. The van der Waals surface area contributed by atoms with Crippen molar-refractivity contribution in [1.29, 1.82) is 0 Å². The molecule has 5 rings (SSSR count). The van der Waals surface area contributed by atoms with Crippen molar-refractivity contribution < 1.29 is 63.0 Å². The normalized spacial score (nSPS) is 39.9. The summed E-state index contributed by atoms with van der Waals surface area (Å²) in [6.45, 7) is 20.8. The summed E-state index contributed by atoms with van der Waals surface area (Å²) in [6.07, 6.45) is 5.25. The number of ether oxygens (including phenoxy) is 5. The molecule has 0 radical (unpaired) electrons. The third-order valence-electron chi connectivity index (χ3n) is 15.8. The molecule has 5 aliphatic heterocycles. The molecule has 6 N–H and O–H groups in total. The molecular weight excluding hydrogens is 827 g/mol. The van der Waals surface area contributed by atoms with Gasteiger partial charge in [0.2, 0.25) is 5.91 Å². The first kappa shape index (κ1) is 52.0. The van der Waals surface area contributed by atoms with Crippen LogP contribution >= 0.6 is 0 Å². The molecule has 64 heavy (non-hydrogen) atoms. The van der Waals surface area contributed by atoms with Crippen LogP contribution in [0.1, 0.15) is 140 Å². The van der Waals surface area contributed by atoms with Crippen LogP contribution in [0.25, 0.3) is 0 Å². The molecule has 364 valence electrons. The van der Waals surface area contributed by atoms with Crippen LogP contribution in [0.15, 0.2) is 12.2 Å². The highest BCUT2D eigenvalue weighted by atomic mass is 16.8. The molecule has 4 saturated heterocycles. The quantitative estimate of drug-likeness (QED) is 0.0710. The van der Waals surface area contributed by atoms with E-state index < -0.39 is 107 Å². The molecule has 5 heterocycles. The van der Waals surface area contributed by atoms with E-state index in [9.17, 15) is 39.3 Å². The third-order valence-corrected chi connectivity index (χ3v) is 15.8. The molecule has 4 fully saturated rings. The van der Waals surface area contributed by atoms with Crippen molar-refractivity contribution in [3.8, 4) is 0 Å². The van der Waals surface area contributed by atoms with Crippen molar-refractivity contribution in [2.24, 2.45) is 41.4 Å². The highest BCUT2D eigenvalue weighted by molar-refractivity contribution is 6.35. The molecule has 3 amide bonds. The summed E-state index contributed by atoms with van der Waals surface area (Å²) in [5, 5.41) is 40.9. The number of carbonyl (C=O) groups is 5. The number of aliphatic hydroxyl groups excluding tert-OH is 1. The SMILES string of the molecule is CCC(C(=O)[C@@H](C)[C@@H](O)[C@H](C)[C@@H]1O[C@@H]([C@@H](CC)C(=O)O)CC[C@@H]1C)[C@H]1O[C@]2(C=C[C@@H](NC(=O)C(=O)NCCNC(C)=O)[C@]3(CC[C@@](C)([C@H]4CC[C@](O)(CC)[C@H](C)O4)O3)O2)[C@H](C)C[C@@H]1C. The number of Topliss-reactive ketones (excluding diaryl/α,β-unsaturated/α-hetero) is 1. The molecule has 5 aliphatic rings. The van der Waals surface area contributed by atoms with Gasteiger partial charge in [0.25, 0.3) is 0 Å². The highest BCUT2D eigenvalue weighted by Gasteiger charge is 2.63. The standard InChI is InChI=1S/C48H79N3O13/c1-12-33(44(57)58)35-16-15-26(4)40(61-35)30(8)38(53)29(7)39(54)34(13-2)41-27(5)25-28(6)47(62-41)20-17-36(51-43(56)42(55)50-24-23-49-32(10)52)48(64-47)22-21-45(11,63-48)37-18-19-46(59,14-3)31(9)60-37/h17,20,26-31,33-38,40-41,53,59H,12-16,18-19,21-25H2,1-11H3,(H,49,52)(H,50,55)(H,51,56)(H,57,58)/t26-,27-,28+,29-,30-,31-,33+,34?,35+,36+,37+,38+,40+,41-,45-,46+,47-,48-/m0/s1. The molecule has 0 bridgehead atoms. The molecule has 16 heteroatoms. The Labute approximate surface area is 380 Å². The van der Waals surface area contributed by atoms with Gasteiger partial charge < -0.3 is 55.0 Å². The lowest BCUT2D eigenvalue weighted by molar-refractivity contribution is -0.398. The van der Waals surface area contributed by atoms with Gasteiger partial charge in [0.15, 0.2) is 11.6 Å². The fourth-order valence-electron chi connectivity index (χ4n) is 11.4. The van der Waals surface area contributed by atoms with Crippen molar-refractivity contribution in [1.82, 2.24) is 16.0 Å². The van der Waals surface area contributed by atoms with Gasteiger partial charge in [-0.25, -0.2) is 0 Å². The Kier molecular flexibility index (Phi) is 17.0. The van der Waals surface area contributed by atoms with Gasteiger partial charge in [0.1, 0.15) is 11.8 Å². The lowest BCUT2D eigenvalue weighted by Crippen LogP contribution is -2.66. The van der Waals surface area contributed by atoms with Crippen LogP contribution in [0.3, 0.4) is 0 Å². The van der Waals surface area contributed by atoms with Crippen LogP contribution < -0.4 is 16.0 Å². The summed E-state index contributed by atoms with van der Waals surface area (Å²) in [4.78, 5) is 64.5. The van der Waals surface area contributed by atoms with Crippen molar-refractivity contribution in [2.45, 2.75) is 206 Å². The summed E-state index contributed by atoms with van der Waals surface area (Å²) in [5.74, 6) is -8.83. The molecule has 0 saturated carbocycles. The molecule has 0 aromatic rings. The van der Waals surface area contributed by atoms with Gasteiger partial charge in [0, 0.05) is 50.1 Å². The van der Waals surface area contributed by atoms with Gasteiger partial charge in [-0.3, -0.25) is 24.0 Å². The van der Waals surface area contributed by atoms with Gasteiger partial charge in [-0.1, -0.05) is 61.5 Å². The lowest BCUT2D eigenvalue weighted by Gasteiger charge is -2.55. The van der Waals surface area contributed by atoms with Gasteiger partial charge in [-0.15, -0.1) is 0 Å². The van der Waals surface area contributed by atoms with E-state index in [-0.39, 0.29) is 42.5 Å². The Balaban J connectivity index is 1.39. The second-order valence-electron chi connectivity index (χ2n) is 20.2. The zero-order valence-corrected chi connectivity index (χ0v) is 40.1. The Bertz CT molecular complexity index is 1710. The van der Waals surface area contributed by atoms with Crippen LogP contribution in [0.4, 0.5) is 0 Å². The fourth-order valence-corrected chi connectivity index (χ4v) is 11.4. The molecule has 0 aromatic heterocycles. The van der Waals surface area contributed by atoms with Crippen molar-refractivity contribution >= 4 is 29.5 Å². The van der Waals surface area contributed by atoms with E-state index in [1.165, 1.54) is 6.92 Å². The van der Waals surface area contributed by atoms with Crippen LogP contribution in [0.5, 0.6) is 0 Å².